The Labute approximate surface area is 105 Å². The van der Waals surface area contributed by atoms with Gasteiger partial charge in [-0.05, 0) is 19.8 Å². The van der Waals surface area contributed by atoms with E-state index >= 15 is 0 Å². The third-order valence-corrected chi connectivity index (χ3v) is 3.58. The van der Waals surface area contributed by atoms with Crippen molar-refractivity contribution >= 4 is 17.0 Å². The number of hydrogen-bond acceptors (Lipinski definition) is 5. The predicted octanol–water partition coefficient (Wildman–Crippen LogP) is 1.40. The van der Waals surface area contributed by atoms with Crippen molar-refractivity contribution in [3.63, 3.8) is 0 Å². The SMILES string of the molecule is C[C@H]([C@@H]1CCCOC1)n1ncc2ncc(N)nc21. The zero-order valence-corrected chi connectivity index (χ0v) is 10.4. The van der Waals surface area contributed by atoms with E-state index in [0.29, 0.717) is 11.7 Å². The molecule has 6 nitrogen and oxygen atoms in total. The van der Waals surface area contributed by atoms with Crippen LogP contribution in [-0.4, -0.2) is 33.0 Å². The number of aromatic nitrogens is 4. The number of nitrogen functional groups attached to an aromatic ring is 1. The minimum atomic E-state index is 0.249. The van der Waals surface area contributed by atoms with Gasteiger partial charge in [0.2, 0.25) is 0 Å². The zero-order valence-electron chi connectivity index (χ0n) is 10.4. The lowest BCUT2D eigenvalue weighted by Gasteiger charge is -2.27. The van der Waals surface area contributed by atoms with E-state index in [9.17, 15) is 0 Å². The van der Waals surface area contributed by atoms with Crippen LogP contribution >= 0.6 is 0 Å². The highest BCUT2D eigenvalue weighted by Crippen LogP contribution is 2.27. The Morgan fingerprint density at radius 1 is 1.50 bits per heavy atom. The minimum absolute atomic E-state index is 0.249. The van der Waals surface area contributed by atoms with Crippen LogP contribution in [0.3, 0.4) is 0 Å². The van der Waals surface area contributed by atoms with Gasteiger partial charge in [0.1, 0.15) is 11.3 Å². The van der Waals surface area contributed by atoms with E-state index in [0.717, 1.165) is 37.2 Å². The third-order valence-electron chi connectivity index (χ3n) is 3.58. The molecule has 96 valence electrons. The molecule has 3 heterocycles. The summed E-state index contributed by atoms with van der Waals surface area (Å²) in [6, 6.07) is 0.249. The highest BCUT2D eigenvalue weighted by Gasteiger charge is 2.24. The third kappa shape index (κ3) is 1.92. The molecule has 1 aliphatic rings. The van der Waals surface area contributed by atoms with Crippen molar-refractivity contribution in [3.8, 4) is 0 Å². The molecule has 0 amide bonds. The number of nitrogens with two attached hydrogens (primary N) is 1. The lowest BCUT2D eigenvalue weighted by Crippen LogP contribution is -2.26. The maximum Gasteiger partial charge on any atom is 0.179 e. The molecule has 2 N–H and O–H groups in total. The Hall–Kier alpha value is -1.69. The molecule has 1 fully saturated rings. The van der Waals surface area contributed by atoms with Gasteiger partial charge in [0.25, 0.3) is 0 Å². The number of hydrogen-bond donors (Lipinski definition) is 1. The van der Waals surface area contributed by atoms with Crippen molar-refractivity contribution in [2.75, 3.05) is 18.9 Å². The molecule has 0 bridgehead atoms. The predicted molar refractivity (Wildman–Crippen MR) is 68.0 cm³/mol. The molecule has 1 saturated heterocycles. The molecule has 2 aromatic rings. The average Bonchev–Trinajstić information content (AvgIpc) is 2.82. The summed E-state index contributed by atoms with van der Waals surface area (Å²) in [5, 5.41) is 4.39. The molecule has 18 heavy (non-hydrogen) atoms. The first-order chi connectivity index (χ1) is 8.75. The molecular formula is C12H17N5O. The normalized spacial score (nSPS) is 22.2. The summed E-state index contributed by atoms with van der Waals surface area (Å²) in [6.45, 7) is 3.81. The van der Waals surface area contributed by atoms with Gasteiger partial charge in [-0.3, -0.25) is 0 Å². The Balaban J connectivity index is 1.95. The summed E-state index contributed by atoms with van der Waals surface area (Å²) in [5.74, 6) is 0.904. The van der Waals surface area contributed by atoms with Crippen molar-refractivity contribution in [2.24, 2.45) is 5.92 Å². The highest BCUT2D eigenvalue weighted by atomic mass is 16.5. The summed E-state index contributed by atoms with van der Waals surface area (Å²) in [4.78, 5) is 8.55. The maximum atomic E-state index is 5.69. The van der Waals surface area contributed by atoms with Gasteiger partial charge in [0, 0.05) is 12.5 Å². The molecule has 0 radical (unpaired) electrons. The molecule has 6 heteroatoms. The maximum absolute atomic E-state index is 5.69. The van der Waals surface area contributed by atoms with Gasteiger partial charge in [0.15, 0.2) is 5.65 Å². The second-order valence-electron chi connectivity index (χ2n) is 4.81. The van der Waals surface area contributed by atoms with E-state index in [2.05, 4.69) is 22.0 Å². The van der Waals surface area contributed by atoms with Crippen LogP contribution < -0.4 is 5.73 Å². The van der Waals surface area contributed by atoms with E-state index in [1.54, 1.807) is 12.4 Å². The lowest BCUT2D eigenvalue weighted by atomic mass is 9.95. The summed E-state index contributed by atoms with van der Waals surface area (Å²) in [7, 11) is 0. The Morgan fingerprint density at radius 2 is 2.39 bits per heavy atom. The van der Waals surface area contributed by atoms with E-state index in [1.807, 2.05) is 4.68 Å². The fourth-order valence-electron chi connectivity index (χ4n) is 2.48. The van der Waals surface area contributed by atoms with Crippen molar-refractivity contribution in [3.05, 3.63) is 12.4 Å². The van der Waals surface area contributed by atoms with Crippen LogP contribution in [0.25, 0.3) is 11.2 Å². The molecule has 2 atom stereocenters. The molecule has 0 saturated carbocycles. The van der Waals surface area contributed by atoms with Crippen LogP contribution in [0.1, 0.15) is 25.8 Å². The first kappa shape index (κ1) is 11.4. The van der Waals surface area contributed by atoms with E-state index in [4.69, 9.17) is 10.5 Å². The van der Waals surface area contributed by atoms with Gasteiger partial charge in [0.05, 0.1) is 25.0 Å². The summed E-state index contributed by atoms with van der Waals surface area (Å²) >= 11 is 0. The van der Waals surface area contributed by atoms with Crippen LogP contribution in [0, 0.1) is 5.92 Å². The van der Waals surface area contributed by atoms with Crippen LogP contribution in [0.15, 0.2) is 12.4 Å². The van der Waals surface area contributed by atoms with Crippen molar-refractivity contribution < 1.29 is 4.74 Å². The minimum Gasteiger partial charge on any atom is -0.382 e. The van der Waals surface area contributed by atoms with Crippen molar-refractivity contribution in [1.82, 2.24) is 19.7 Å². The summed E-state index contributed by atoms with van der Waals surface area (Å²) in [6.07, 6.45) is 5.57. The second-order valence-corrected chi connectivity index (χ2v) is 4.81. The Morgan fingerprint density at radius 3 is 3.17 bits per heavy atom. The van der Waals surface area contributed by atoms with Gasteiger partial charge in [-0.1, -0.05) is 0 Å². The number of rotatable bonds is 2. The Kier molecular flexibility index (Phi) is 2.87. The average molecular weight is 247 g/mol. The first-order valence-corrected chi connectivity index (χ1v) is 6.29. The number of anilines is 1. The summed E-state index contributed by atoms with van der Waals surface area (Å²) < 4.78 is 7.45. The molecular weight excluding hydrogens is 230 g/mol. The van der Waals surface area contributed by atoms with Gasteiger partial charge in [-0.2, -0.15) is 5.10 Å². The topological polar surface area (TPSA) is 78.8 Å². The molecule has 0 spiro atoms. The molecule has 0 unspecified atom stereocenters. The highest BCUT2D eigenvalue weighted by molar-refractivity contribution is 5.70. The fraction of sp³-hybridized carbons (Fsp3) is 0.583. The van der Waals surface area contributed by atoms with E-state index in [1.165, 1.54) is 0 Å². The molecule has 2 aromatic heterocycles. The molecule has 1 aliphatic heterocycles. The Bertz CT molecular complexity index is 546. The number of fused-ring (bicyclic) bond motifs is 1. The molecule has 0 aliphatic carbocycles. The fourth-order valence-corrected chi connectivity index (χ4v) is 2.48. The number of ether oxygens (including phenoxy) is 1. The molecule has 3 rings (SSSR count). The monoisotopic (exact) mass is 247 g/mol. The van der Waals surface area contributed by atoms with Crippen molar-refractivity contribution in [2.45, 2.75) is 25.8 Å². The van der Waals surface area contributed by atoms with Gasteiger partial charge in [-0.25, -0.2) is 14.6 Å². The van der Waals surface area contributed by atoms with E-state index in [-0.39, 0.29) is 6.04 Å². The van der Waals surface area contributed by atoms with Gasteiger partial charge < -0.3 is 10.5 Å². The van der Waals surface area contributed by atoms with Crippen molar-refractivity contribution in [1.29, 1.82) is 0 Å². The largest absolute Gasteiger partial charge is 0.382 e. The lowest BCUT2D eigenvalue weighted by molar-refractivity contribution is 0.0349. The first-order valence-electron chi connectivity index (χ1n) is 6.29. The molecule has 0 aromatic carbocycles. The van der Waals surface area contributed by atoms with Crippen LogP contribution in [0.2, 0.25) is 0 Å². The van der Waals surface area contributed by atoms with E-state index < -0.39 is 0 Å². The van der Waals surface area contributed by atoms with Gasteiger partial charge >= 0.3 is 0 Å². The second kappa shape index (κ2) is 4.53. The zero-order chi connectivity index (χ0) is 12.5. The quantitative estimate of drug-likeness (QED) is 0.867. The number of nitrogens with zero attached hydrogens (tertiary/aromatic N) is 4. The van der Waals surface area contributed by atoms with Crippen LogP contribution in [0.4, 0.5) is 5.82 Å². The van der Waals surface area contributed by atoms with Gasteiger partial charge in [-0.15, -0.1) is 0 Å². The smallest absolute Gasteiger partial charge is 0.179 e. The standard InChI is InChI=1S/C12H17N5O/c1-8(9-3-2-4-18-7-9)17-12-10(5-15-17)14-6-11(13)16-12/h5-6,8-9H,2-4,7H2,1H3,(H2,13,16)/t8-,9-/m1/s1. The van der Waals surface area contributed by atoms with Crippen LogP contribution in [-0.2, 0) is 4.74 Å². The van der Waals surface area contributed by atoms with Crippen LogP contribution in [0.5, 0.6) is 0 Å². The summed E-state index contributed by atoms with van der Waals surface area (Å²) in [5.41, 5.74) is 7.23.